The Kier molecular flexibility index (Phi) is 4.34. The molecule has 0 unspecified atom stereocenters. The summed E-state index contributed by atoms with van der Waals surface area (Å²) in [6.07, 6.45) is 0. The lowest BCUT2D eigenvalue weighted by atomic mass is 10.2. The van der Waals surface area contributed by atoms with Crippen molar-refractivity contribution in [1.82, 2.24) is 5.48 Å². The van der Waals surface area contributed by atoms with E-state index in [1.165, 1.54) is 0 Å². The molecule has 3 nitrogen and oxygen atoms in total. The molecule has 1 N–H and O–H groups in total. The molecule has 4 heteroatoms. The van der Waals surface area contributed by atoms with Gasteiger partial charge in [0.25, 0.3) is 5.91 Å². The van der Waals surface area contributed by atoms with Crippen LogP contribution >= 0.6 is 11.6 Å². The average molecular weight is 262 g/mol. The summed E-state index contributed by atoms with van der Waals surface area (Å²) < 4.78 is 0. The Bertz CT molecular complexity index is 528. The van der Waals surface area contributed by atoms with Gasteiger partial charge < -0.3 is 0 Å². The van der Waals surface area contributed by atoms with E-state index in [9.17, 15) is 4.79 Å². The highest BCUT2D eigenvalue weighted by Crippen LogP contribution is 2.14. The fraction of sp³-hybridized carbons (Fsp3) is 0.0714. The third-order valence-corrected chi connectivity index (χ3v) is 2.69. The minimum absolute atomic E-state index is 0.317. The fourth-order valence-corrected chi connectivity index (χ4v) is 1.68. The molecule has 0 aliphatic heterocycles. The number of carbonyl (C=O) groups is 1. The second-order valence-electron chi connectivity index (χ2n) is 3.69. The molecule has 0 spiro atoms. The van der Waals surface area contributed by atoms with E-state index in [1.807, 2.05) is 30.3 Å². The molecule has 2 aromatic rings. The van der Waals surface area contributed by atoms with Crippen LogP contribution in [0.1, 0.15) is 15.9 Å². The number of carbonyl (C=O) groups excluding carboxylic acids is 1. The highest BCUT2D eigenvalue weighted by atomic mass is 35.5. The lowest BCUT2D eigenvalue weighted by molar-refractivity contribution is 0.0233. The summed E-state index contributed by atoms with van der Waals surface area (Å²) in [5, 5.41) is 0.401. The number of halogens is 1. The van der Waals surface area contributed by atoms with Crippen molar-refractivity contribution in [1.29, 1.82) is 0 Å². The number of amides is 1. The van der Waals surface area contributed by atoms with Gasteiger partial charge in [0.1, 0.15) is 0 Å². The van der Waals surface area contributed by atoms with E-state index >= 15 is 0 Å². The van der Waals surface area contributed by atoms with Crippen LogP contribution in [0.4, 0.5) is 0 Å². The normalized spacial score (nSPS) is 10.1. The van der Waals surface area contributed by atoms with Gasteiger partial charge in [0, 0.05) is 0 Å². The van der Waals surface area contributed by atoms with Crippen LogP contribution in [0.15, 0.2) is 54.6 Å². The summed E-state index contributed by atoms with van der Waals surface area (Å²) >= 11 is 5.90. The molecular formula is C14H12ClNO2. The maximum atomic E-state index is 11.7. The summed E-state index contributed by atoms with van der Waals surface area (Å²) in [5.74, 6) is -0.350. The van der Waals surface area contributed by atoms with E-state index < -0.39 is 0 Å². The van der Waals surface area contributed by atoms with E-state index in [4.69, 9.17) is 16.4 Å². The molecule has 0 aliphatic carbocycles. The van der Waals surface area contributed by atoms with Crippen LogP contribution in [0.5, 0.6) is 0 Å². The molecule has 0 radical (unpaired) electrons. The molecule has 0 atom stereocenters. The molecule has 0 bridgehead atoms. The number of nitrogens with one attached hydrogen (secondary N) is 1. The number of hydrogen-bond acceptors (Lipinski definition) is 2. The first-order chi connectivity index (χ1) is 8.77. The van der Waals surface area contributed by atoms with Gasteiger partial charge in [-0.05, 0) is 17.7 Å². The molecule has 0 saturated carbocycles. The first-order valence-electron chi connectivity index (χ1n) is 5.48. The third-order valence-electron chi connectivity index (χ3n) is 2.37. The molecule has 0 fully saturated rings. The van der Waals surface area contributed by atoms with Crippen LogP contribution in [-0.4, -0.2) is 5.91 Å². The van der Waals surface area contributed by atoms with E-state index in [2.05, 4.69) is 5.48 Å². The van der Waals surface area contributed by atoms with Gasteiger partial charge in [0.05, 0.1) is 17.2 Å². The molecule has 0 aliphatic rings. The lowest BCUT2D eigenvalue weighted by Crippen LogP contribution is -2.23. The van der Waals surface area contributed by atoms with Crippen molar-refractivity contribution in [3.05, 3.63) is 70.7 Å². The molecule has 0 heterocycles. The minimum Gasteiger partial charge on any atom is -0.269 e. The molecule has 92 valence electrons. The highest BCUT2D eigenvalue weighted by Gasteiger charge is 2.08. The quantitative estimate of drug-likeness (QED) is 0.859. The summed E-state index contributed by atoms with van der Waals surface area (Å²) in [5.41, 5.74) is 3.74. The second kappa shape index (κ2) is 6.19. The van der Waals surface area contributed by atoms with Crippen LogP contribution < -0.4 is 5.48 Å². The van der Waals surface area contributed by atoms with Crippen LogP contribution in [0.25, 0.3) is 0 Å². The molecule has 0 saturated heterocycles. The average Bonchev–Trinajstić information content (AvgIpc) is 2.40. The van der Waals surface area contributed by atoms with E-state index in [1.54, 1.807) is 24.3 Å². The zero-order chi connectivity index (χ0) is 12.8. The molecule has 0 aromatic heterocycles. The van der Waals surface area contributed by atoms with Gasteiger partial charge in [-0.25, -0.2) is 5.48 Å². The maximum Gasteiger partial charge on any atom is 0.276 e. The number of hydroxylamine groups is 1. The van der Waals surface area contributed by atoms with E-state index in [0.29, 0.717) is 17.2 Å². The van der Waals surface area contributed by atoms with Gasteiger partial charge >= 0.3 is 0 Å². The van der Waals surface area contributed by atoms with Crippen molar-refractivity contribution in [2.75, 3.05) is 0 Å². The minimum atomic E-state index is -0.350. The molecular weight excluding hydrogens is 250 g/mol. The van der Waals surface area contributed by atoms with Crippen LogP contribution in [-0.2, 0) is 11.4 Å². The van der Waals surface area contributed by atoms with Crippen molar-refractivity contribution < 1.29 is 9.63 Å². The molecule has 1 amide bonds. The highest BCUT2D eigenvalue weighted by molar-refractivity contribution is 6.33. The zero-order valence-electron chi connectivity index (χ0n) is 9.60. The Morgan fingerprint density at radius 1 is 1.06 bits per heavy atom. The smallest absolute Gasteiger partial charge is 0.269 e. The Balaban J connectivity index is 1.88. The standard InChI is InChI=1S/C14H12ClNO2/c15-13-9-5-4-8-12(13)14(17)16-18-10-11-6-2-1-3-7-11/h1-9H,10H2,(H,16,17). The van der Waals surface area contributed by atoms with Crippen LogP contribution in [0, 0.1) is 0 Å². The second-order valence-corrected chi connectivity index (χ2v) is 4.09. The number of hydrogen-bond donors (Lipinski definition) is 1. The van der Waals surface area contributed by atoms with Gasteiger partial charge in [-0.15, -0.1) is 0 Å². The zero-order valence-corrected chi connectivity index (χ0v) is 10.4. The summed E-state index contributed by atoms with van der Waals surface area (Å²) in [6.45, 7) is 0.317. The van der Waals surface area contributed by atoms with Crippen LogP contribution in [0.2, 0.25) is 5.02 Å². The van der Waals surface area contributed by atoms with Crippen molar-refractivity contribution in [3.63, 3.8) is 0 Å². The molecule has 2 aromatic carbocycles. The molecule has 2 rings (SSSR count). The van der Waals surface area contributed by atoms with Gasteiger partial charge in [0.15, 0.2) is 0 Å². The van der Waals surface area contributed by atoms with Gasteiger partial charge in [-0.1, -0.05) is 54.1 Å². The topological polar surface area (TPSA) is 38.3 Å². The number of rotatable bonds is 4. The number of benzene rings is 2. The Morgan fingerprint density at radius 2 is 1.72 bits per heavy atom. The summed E-state index contributed by atoms with van der Waals surface area (Å²) in [6, 6.07) is 16.4. The fourth-order valence-electron chi connectivity index (χ4n) is 1.46. The maximum absolute atomic E-state index is 11.7. The van der Waals surface area contributed by atoms with Gasteiger partial charge in [-0.3, -0.25) is 9.63 Å². The Hall–Kier alpha value is -1.84. The summed E-state index contributed by atoms with van der Waals surface area (Å²) in [7, 11) is 0. The first kappa shape index (κ1) is 12.6. The van der Waals surface area contributed by atoms with Crippen molar-refractivity contribution in [3.8, 4) is 0 Å². The predicted octanol–water partition coefficient (Wildman–Crippen LogP) is 3.20. The van der Waals surface area contributed by atoms with Crippen molar-refractivity contribution >= 4 is 17.5 Å². The van der Waals surface area contributed by atoms with Crippen molar-refractivity contribution in [2.45, 2.75) is 6.61 Å². The van der Waals surface area contributed by atoms with E-state index in [-0.39, 0.29) is 5.91 Å². The Morgan fingerprint density at radius 3 is 2.44 bits per heavy atom. The largest absolute Gasteiger partial charge is 0.276 e. The van der Waals surface area contributed by atoms with Crippen molar-refractivity contribution in [2.24, 2.45) is 0 Å². The van der Waals surface area contributed by atoms with Crippen LogP contribution in [0.3, 0.4) is 0 Å². The summed E-state index contributed by atoms with van der Waals surface area (Å²) in [4.78, 5) is 16.9. The molecule has 18 heavy (non-hydrogen) atoms. The first-order valence-corrected chi connectivity index (χ1v) is 5.86. The Labute approximate surface area is 110 Å². The van der Waals surface area contributed by atoms with E-state index in [0.717, 1.165) is 5.56 Å². The predicted molar refractivity (Wildman–Crippen MR) is 70.1 cm³/mol. The third kappa shape index (κ3) is 3.32. The lowest BCUT2D eigenvalue weighted by Gasteiger charge is -2.06. The monoisotopic (exact) mass is 261 g/mol. The van der Waals surface area contributed by atoms with Gasteiger partial charge in [-0.2, -0.15) is 0 Å². The SMILES string of the molecule is O=C(NOCc1ccccc1)c1ccccc1Cl. The van der Waals surface area contributed by atoms with Gasteiger partial charge in [0.2, 0.25) is 0 Å².